The van der Waals surface area contributed by atoms with Gasteiger partial charge < -0.3 is 10.4 Å². The number of benzene rings is 1. The standard InChI is InChI=1S/C24H28F3N3O/c1-4-16-5-7-17(8-6-16)11-12-28-22-29-15-19(24(25,26)27)20(30-22)13-18-9-10-21(31)23(2,3)14-18/h1,5-8,15,18,21,31H,9-14H2,2-3H3,(H,28,29,30)/t18-,21-/m0/s1. The summed E-state index contributed by atoms with van der Waals surface area (Å²) in [4.78, 5) is 8.12. The molecule has 3 rings (SSSR count). The van der Waals surface area contributed by atoms with Gasteiger partial charge in [-0.25, -0.2) is 9.97 Å². The van der Waals surface area contributed by atoms with Gasteiger partial charge in [-0.15, -0.1) is 6.42 Å². The van der Waals surface area contributed by atoms with Crippen LogP contribution in [0.5, 0.6) is 0 Å². The number of alkyl halides is 3. The molecule has 166 valence electrons. The molecule has 2 aromatic rings. The number of aliphatic hydroxyl groups is 1. The van der Waals surface area contributed by atoms with Crippen molar-refractivity contribution in [1.82, 2.24) is 9.97 Å². The Hall–Kier alpha value is -2.59. The Labute approximate surface area is 181 Å². The summed E-state index contributed by atoms with van der Waals surface area (Å²) in [7, 11) is 0. The van der Waals surface area contributed by atoms with Gasteiger partial charge in [0.2, 0.25) is 5.95 Å². The van der Waals surface area contributed by atoms with Crippen molar-refractivity contribution < 1.29 is 18.3 Å². The zero-order valence-electron chi connectivity index (χ0n) is 17.8. The van der Waals surface area contributed by atoms with E-state index in [2.05, 4.69) is 21.2 Å². The first-order valence-electron chi connectivity index (χ1n) is 10.5. The summed E-state index contributed by atoms with van der Waals surface area (Å²) in [6, 6.07) is 7.56. The smallest absolute Gasteiger partial charge is 0.393 e. The first-order chi connectivity index (χ1) is 14.6. The minimum atomic E-state index is -4.50. The average Bonchev–Trinajstić information content (AvgIpc) is 2.70. The molecular weight excluding hydrogens is 403 g/mol. The summed E-state index contributed by atoms with van der Waals surface area (Å²) < 4.78 is 40.6. The number of halogens is 3. The fourth-order valence-corrected chi connectivity index (χ4v) is 4.20. The van der Waals surface area contributed by atoms with Crippen LogP contribution in [0.15, 0.2) is 30.5 Å². The van der Waals surface area contributed by atoms with Gasteiger partial charge in [0.1, 0.15) is 0 Å². The van der Waals surface area contributed by atoms with Crippen LogP contribution in [0.2, 0.25) is 0 Å². The molecule has 1 aromatic heterocycles. The summed E-state index contributed by atoms with van der Waals surface area (Å²) in [6.07, 6.45) is 4.11. The van der Waals surface area contributed by atoms with Crippen molar-refractivity contribution in [3.05, 3.63) is 52.8 Å². The number of anilines is 1. The van der Waals surface area contributed by atoms with Gasteiger partial charge in [0, 0.05) is 18.3 Å². The molecule has 1 aromatic carbocycles. The topological polar surface area (TPSA) is 58.0 Å². The summed E-state index contributed by atoms with van der Waals surface area (Å²) in [5.41, 5.74) is 0.768. The number of hydrogen-bond acceptors (Lipinski definition) is 4. The molecule has 0 unspecified atom stereocenters. The zero-order chi connectivity index (χ0) is 22.6. The molecule has 1 heterocycles. The number of nitrogens with zero attached hydrogens (tertiary/aromatic N) is 2. The minimum absolute atomic E-state index is 0.0144. The van der Waals surface area contributed by atoms with Gasteiger partial charge in [-0.1, -0.05) is 31.9 Å². The van der Waals surface area contributed by atoms with Crippen LogP contribution >= 0.6 is 0 Å². The van der Waals surface area contributed by atoms with Crippen molar-refractivity contribution in [2.45, 2.75) is 58.2 Å². The second-order valence-corrected chi connectivity index (χ2v) is 8.93. The van der Waals surface area contributed by atoms with E-state index in [1.54, 1.807) is 0 Å². The van der Waals surface area contributed by atoms with E-state index in [9.17, 15) is 18.3 Å². The SMILES string of the molecule is C#Cc1ccc(CCNc2ncc(C(F)(F)F)c(C[C@@H]3CC[C@H](O)C(C)(C)C3)n2)cc1. The maximum Gasteiger partial charge on any atom is 0.419 e. The molecule has 0 spiro atoms. The van der Waals surface area contributed by atoms with Crippen LogP contribution in [0.25, 0.3) is 0 Å². The lowest BCUT2D eigenvalue weighted by atomic mass is 9.69. The van der Waals surface area contributed by atoms with Crippen molar-refractivity contribution in [1.29, 1.82) is 0 Å². The molecule has 0 bridgehead atoms. The quantitative estimate of drug-likeness (QED) is 0.642. The van der Waals surface area contributed by atoms with Gasteiger partial charge in [0.15, 0.2) is 0 Å². The summed E-state index contributed by atoms with van der Waals surface area (Å²) in [5.74, 6) is 2.79. The highest BCUT2D eigenvalue weighted by molar-refractivity contribution is 5.35. The molecular formula is C24H28F3N3O. The fraction of sp³-hybridized carbons (Fsp3) is 0.500. The predicted molar refractivity (Wildman–Crippen MR) is 114 cm³/mol. The normalized spacial score (nSPS) is 20.8. The maximum absolute atomic E-state index is 13.5. The monoisotopic (exact) mass is 431 g/mol. The van der Waals surface area contributed by atoms with Gasteiger partial charge in [-0.05, 0) is 61.1 Å². The van der Waals surface area contributed by atoms with E-state index in [1.165, 1.54) is 0 Å². The van der Waals surface area contributed by atoms with Gasteiger partial charge in [-0.3, -0.25) is 0 Å². The van der Waals surface area contributed by atoms with Gasteiger partial charge in [0.05, 0.1) is 17.4 Å². The molecule has 0 radical (unpaired) electrons. The number of aliphatic hydroxyl groups excluding tert-OH is 1. The van der Waals surface area contributed by atoms with Crippen molar-refractivity contribution in [3.8, 4) is 12.3 Å². The summed E-state index contributed by atoms with van der Waals surface area (Å²) in [5, 5.41) is 13.2. The van der Waals surface area contributed by atoms with Crippen LogP contribution in [0.1, 0.15) is 55.5 Å². The Morgan fingerprint density at radius 1 is 1.23 bits per heavy atom. The lowest BCUT2D eigenvalue weighted by Gasteiger charge is -2.39. The average molecular weight is 432 g/mol. The number of hydrogen-bond donors (Lipinski definition) is 2. The van der Waals surface area contributed by atoms with Gasteiger partial charge in [0.25, 0.3) is 0 Å². The Morgan fingerprint density at radius 3 is 2.55 bits per heavy atom. The lowest BCUT2D eigenvalue weighted by molar-refractivity contribution is -0.138. The third-order valence-electron chi connectivity index (χ3n) is 6.04. The molecule has 1 fully saturated rings. The molecule has 31 heavy (non-hydrogen) atoms. The van der Waals surface area contributed by atoms with E-state index >= 15 is 0 Å². The largest absolute Gasteiger partial charge is 0.419 e. The first kappa shape index (κ1) is 23.1. The molecule has 2 N–H and O–H groups in total. The second kappa shape index (κ2) is 9.27. The maximum atomic E-state index is 13.5. The predicted octanol–water partition coefficient (Wildman–Crippen LogP) is 4.86. The molecule has 1 saturated carbocycles. The van der Waals surface area contributed by atoms with E-state index in [0.717, 1.165) is 17.3 Å². The highest BCUT2D eigenvalue weighted by Gasteiger charge is 2.39. The highest BCUT2D eigenvalue weighted by Crippen LogP contribution is 2.41. The minimum Gasteiger partial charge on any atom is -0.393 e. The Bertz CT molecular complexity index is 933. The van der Waals surface area contributed by atoms with E-state index in [4.69, 9.17) is 6.42 Å². The van der Waals surface area contributed by atoms with E-state index in [1.807, 2.05) is 38.1 Å². The Morgan fingerprint density at radius 2 is 1.94 bits per heavy atom. The van der Waals surface area contributed by atoms with Crippen molar-refractivity contribution in [2.75, 3.05) is 11.9 Å². The van der Waals surface area contributed by atoms with E-state index in [0.29, 0.717) is 32.2 Å². The van der Waals surface area contributed by atoms with Crippen molar-refractivity contribution in [3.63, 3.8) is 0 Å². The van der Waals surface area contributed by atoms with Crippen LogP contribution in [0.4, 0.5) is 19.1 Å². The molecule has 0 saturated heterocycles. The molecule has 7 heteroatoms. The van der Waals surface area contributed by atoms with E-state index in [-0.39, 0.29) is 29.4 Å². The van der Waals surface area contributed by atoms with Crippen LogP contribution in [0.3, 0.4) is 0 Å². The van der Waals surface area contributed by atoms with Gasteiger partial charge >= 0.3 is 6.18 Å². The van der Waals surface area contributed by atoms with Crippen LogP contribution in [-0.2, 0) is 19.0 Å². The zero-order valence-corrected chi connectivity index (χ0v) is 17.8. The van der Waals surface area contributed by atoms with Gasteiger partial charge in [-0.2, -0.15) is 13.2 Å². The first-order valence-corrected chi connectivity index (χ1v) is 10.5. The molecule has 2 atom stereocenters. The van der Waals surface area contributed by atoms with E-state index < -0.39 is 17.8 Å². The number of rotatable bonds is 6. The van der Waals surface area contributed by atoms with Crippen molar-refractivity contribution >= 4 is 5.95 Å². The third kappa shape index (κ3) is 5.98. The van der Waals surface area contributed by atoms with Crippen LogP contribution < -0.4 is 5.32 Å². The van der Waals surface area contributed by atoms with Crippen LogP contribution in [-0.4, -0.2) is 27.7 Å². The fourth-order valence-electron chi connectivity index (χ4n) is 4.20. The number of terminal acetylenes is 1. The molecule has 1 aliphatic rings. The lowest BCUT2D eigenvalue weighted by Crippen LogP contribution is -2.37. The Balaban J connectivity index is 1.70. The number of aromatic nitrogens is 2. The highest BCUT2D eigenvalue weighted by atomic mass is 19.4. The molecule has 4 nitrogen and oxygen atoms in total. The second-order valence-electron chi connectivity index (χ2n) is 8.93. The third-order valence-corrected chi connectivity index (χ3v) is 6.04. The molecule has 0 amide bonds. The summed E-state index contributed by atoms with van der Waals surface area (Å²) in [6.45, 7) is 4.40. The molecule has 1 aliphatic carbocycles. The molecule has 0 aliphatic heterocycles. The summed E-state index contributed by atoms with van der Waals surface area (Å²) >= 11 is 0. The van der Waals surface area contributed by atoms with Crippen LogP contribution in [0, 0.1) is 23.7 Å². The Kier molecular flexibility index (Phi) is 6.90. The number of nitrogens with one attached hydrogen (secondary N) is 1. The van der Waals surface area contributed by atoms with Crippen molar-refractivity contribution in [2.24, 2.45) is 11.3 Å².